The molecule has 0 radical (unpaired) electrons. The van der Waals surface area contributed by atoms with Crippen LogP contribution in [-0.4, -0.2) is 52.7 Å². The van der Waals surface area contributed by atoms with Gasteiger partial charge in [0.1, 0.15) is 5.69 Å². The van der Waals surface area contributed by atoms with Gasteiger partial charge in [0.25, 0.3) is 11.6 Å². The average molecular weight is 408 g/mol. The number of hydrogen-bond acceptors (Lipinski definition) is 5. The Hall–Kier alpha value is -3.42. The number of carbonyl (C=O) groups excluding carboxylic acids is 2. The van der Waals surface area contributed by atoms with Crippen LogP contribution >= 0.6 is 0 Å². The standard InChI is InChI=1S/C22H24N4O4/c27-21(16-5-4-6-16)24-11-13-25(14-12-24)22(28)17-9-10-19(20(15-17)26(29)30)23-18-7-2-1-3-8-18/h1-3,7-10,15-16,23H,4-6,11-14H2. The highest BCUT2D eigenvalue weighted by atomic mass is 16.6. The number of para-hydroxylation sites is 1. The number of hydrogen-bond donors (Lipinski definition) is 1. The lowest BCUT2D eigenvalue weighted by Gasteiger charge is -2.38. The van der Waals surface area contributed by atoms with Gasteiger partial charge in [-0.05, 0) is 37.1 Å². The molecule has 2 amide bonds. The summed E-state index contributed by atoms with van der Waals surface area (Å²) in [5.41, 5.74) is 1.19. The molecule has 0 aromatic heterocycles. The number of nitro groups is 1. The van der Waals surface area contributed by atoms with Crippen LogP contribution in [0.3, 0.4) is 0 Å². The molecule has 4 rings (SSSR count). The smallest absolute Gasteiger partial charge is 0.293 e. The summed E-state index contributed by atoms with van der Waals surface area (Å²) < 4.78 is 0. The number of benzene rings is 2. The fourth-order valence-corrected chi connectivity index (χ4v) is 3.82. The number of nitrogens with zero attached hydrogens (tertiary/aromatic N) is 3. The number of nitro benzene ring substituents is 1. The third kappa shape index (κ3) is 4.12. The number of nitrogens with one attached hydrogen (secondary N) is 1. The molecule has 2 aromatic rings. The number of carbonyl (C=O) groups is 2. The molecule has 30 heavy (non-hydrogen) atoms. The Bertz CT molecular complexity index is 951. The Labute approximate surface area is 174 Å². The van der Waals surface area contributed by atoms with E-state index in [1.165, 1.54) is 6.07 Å². The van der Waals surface area contributed by atoms with E-state index in [0.717, 1.165) is 24.9 Å². The summed E-state index contributed by atoms with van der Waals surface area (Å²) in [5.74, 6) is 0.0972. The van der Waals surface area contributed by atoms with E-state index in [1.54, 1.807) is 17.0 Å². The molecule has 1 aliphatic heterocycles. The first-order chi connectivity index (χ1) is 14.5. The quantitative estimate of drug-likeness (QED) is 0.604. The Morgan fingerprint density at radius 1 is 0.967 bits per heavy atom. The molecule has 0 unspecified atom stereocenters. The molecule has 1 saturated heterocycles. The molecule has 2 fully saturated rings. The van der Waals surface area contributed by atoms with Crippen molar-refractivity contribution in [3.8, 4) is 0 Å². The average Bonchev–Trinajstić information content (AvgIpc) is 2.73. The highest BCUT2D eigenvalue weighted by Gasteiger charge is 2.32. The highest BCUT2D eigenvalue weighted by Crippen LogP contribution is 2.30. The van der Waals surface area contributed by atoms with Gasteiger partial charge < -0.3 is 15.1 Å². The minimum Gasteiger partial charge on any atom is -0.350 e. The van der Waals surface area contributed by atoms with Gasteiger partial charge in [-0.2, -0.15) is 0 Å². The van der Waals surface area contributed by atoms with Crippen molar-refractivity contribution in [3.63, 3.8) is 0 Å². The first-order valence-corrected chi connectivity index (χ1v) is 10.2. The van der Waals surface area contributed by atoms with Crippen molar-refractivity contribution >= 4 is 28.9 Å². The summed E-state index contributed by atoms with van der Waals surface area (Å²) >= 11 is 0. The van der Waals surface area contributed by atoms with Crippen molar-refractivity contribution in [2.75, 3.05) is 31.5 Å². The molecule has 0 bridgehead atoms. The summed E-state index contributed by atoms with van der Waals surface area (Å²) in [6.07, 6.45) is 3.04. The van der Waals surface area contributed by atoms with Crippen LogP contribution in [0.25, 0.3) is 0 Å². The van der Waals surface area contributed by atoms with Gasteiger partial charge >= 0.3 is 0 Å². The van der Waals surface area contributed by atoms with Crippen LogP contribution < -0.4 is 5.32 Å². The van der Waals surface area contributed by atoms with E-state index < -0.39 is 4.92 Å². The van der Waals surface area contributed by atoms with Crippen LogP contribution in [0, 0.1) is 16.0 Å². The third-order valence-corrected chi connectivity index (χ3v) is 5.83. The monoisotopic (exact) mass is 408 g/mol. The van der Waals surface area contributed by atoms with Gasteiger partial charge in [0.15, 0.2) is 0 Å². The van der Waals surface area contributed by atoms with E-state index in [4.69, 9.17) is 0 Å². The topological polar surface area (TPSA) is 95.8 Å². The second-order valence-electron chi connectivity index (χ2n) is 7.73. The van der Waals surface area contributed by atoms with Crippen LogP contribution in [0.4, 0.5) is 17.1 Å². The number of rotatable bonds is 5. The lowest BCUT2D eigenvalue weighted by molar-refractivity contribution is -0.383. The second-order valence-corrected chi connectivity index (χ2v) is 7.73. The van der Waals surface area contributed by atoms with Gasteiger partial charge in [-0.25, -0.2) is 0 Å². The minimum absolute atomic E-state index is 0.150. The fraction of sp³-hybridized carbons (Fsp3) is 0.364. The molecular formula is C22H24N4O4. The van der Waals surface area contributed by atoms with Crippen molar-refractivity contribution in [1.29, 1.82) is 0 Å². The first kappa shape index (κ1) is 19.9. The minimum atomic E-state index is -0.489. The van der Waals surface area contributed by atoms with Gasteiger partial charge in [0, 0.05) is 49.4 Å². The Morgan fingerprint density at radius 3 is 2.23 bits per heavy atom. The Balaban J connectivity index is 1.44. The molecule has 156 valence electrons. The van der Waals surface area contributed by atoms with Gasteiger partial charge in [0.05, 0.1) is 4.92 Å². The maximum Gasteiger partial charge on any atom is 0.293 e. The van der Waals surface area contributed by atoms with E-state index in [-0.39, 0.29) is 29.0 Å². The van der Waals surface area contributed by atoms with Gasteiger partial charge in [-0.15, -0.1) is 0 Å². The molecule has 1 aliphatic carbocycles. The number of anilines is 2. The summed E-state index contributed by atoms with van der Waals surface area (Å²) in [5, 5.41) is 14.6. The summed E-state index contributed by atoms with van der Waals surface area (Å²) in [6, 6.07) is 13.6. The maximum absolute atomic E-state index is 12.9. The summed E-state index contributed by atoms with van der Waals surface area (Å²) in [7, 11) is 0. The molecule has 8 heteroatoms. The summed E-state index contributed by atoms with van der Waals surface area (Å²) in [6.45, 7) is 1.90. The largest absolute Gasteiger partial charge is 0.350 e. The lowest BCUT2D eigenvalue weighted by atomic mass is 9.84. The van der Waals surface area contributed by atoms with Crippen LogP contribution in [0.15, 0.2) is 48.5 Å². The SMILES string of the molecule is O=C(c1ccc(Nc2ccccc2)c([N+](=O)[O-])c1)N1CCN(C(=O)C2CCC2)CC1. The molecule has 2 aliphatic rings. The molecule has 8 nitrogen and oxygen atoms in total. The van der Waals surface area contributed by atoms with Crippen molar-refractivity contribution in [2.45, 2.75) is 19.3 Å². The van der Waals surface area contributed by atoms with E-state index in [1.807, 2.05) is 35.2 Å². The number of piperazine rings is 1. The zero-order chi connectivity index (χ0) is 21.1. The first-order valence-electron chi connectivity index (χ1n) is 10.2. The van der Waals surface area contributed by atoms with E-state index >= 15 is 0 Å². The maximum atomic E-state index is 12.9. The summed E-state index contributed by atoms with van der Waals surface area (Å²) in [4.78, 5) is 39.9. The zero-order valence-electron chi connectivity index (χ0n) is 16.6. The lowest BCUT2D eigenvalue weighted by Crippen LogP contribution is -2.52. The molecule has 0 spiro atoms. The van der Waals surface area contributed by atoms with E-state index in [9.17, 15) is 19.7 Å². The van der Waals surface area contributed by atoms with Gasteiger partial charge in [-0.1, -0.05) is 24.6 Å². The van der Waals surface area contributed by atoms with E-state index in [2.05, 4.69) is 5.32 Å². The second kappa shape index (κ2) is 8.52. The van der Waals surface area contributed by atoms with E-state index in [0.29, 0.717) is 31.9 Å². The third-order valence-electron chi connectivity index (χ3n) is 5.83. The van der Waals surface area contributed by atoms with Crippen molar-refractivity contribution in [2.24, 2.45) is 5.92 Å². The van der Waals surface area contributed by atoms with Crippen LogP contribution in [0.1, 0.15) is 29.6 Å². The number of amides is 2. The van der Waals surface area contributed by atoms with Crippen LogP contribution in [-0.2, 0) is 4.79 Å². The van der Waals surface area contributed by atoms with Crippen LogP contribution in [0.5, 0.6) is 0 Å². The van der Waals surface area contributed by atoms with Crippen molar-refractivity contribution in [1.82, 2.24) is 9.80 Å². The van der Waals surface area contributed by atoms with Crippen molar-refractivity contribution in [3.05, 3.63) is 64.2 Å². The molecule has 1 saturated carbocycles. The molecule has 2 aromatic carbocycles. The fourth-order valence-electron chi connectivity index (χ4n) is 3.82. The predicted octanol–water partition coefficient (Wildman–Crippen LogP) is 3.42. The highest BCUT2D eigenvalue weighted by molar-refractivity contribution is 5.96. The molecule has 1 N–H and O–H groups in total. The van der Waals surface area contributed by atoms with Crippen LogP contribution in [0.2, 0.25) is 0 Å². The predicted molar refractivity (Wildman–Crippen MR) is 113 cm³/mol. The Kier molecular flexibility index (Phi) is 5.65. The molecule has 0 atom stereocenters. The van der Waals surface area contributed by atoms with Crippen molar-refractivity contribution < 1.29 is 14.5 Å². The molecule has 1 heterocycles. The normalized spacial score (nSPS) is 16.7. The Morgan fingerprint density at radius 2 is 1.63 bits per heavy atom. The van der Waals surface area contributed by atoms with Gasteiger partial charge in [-0.3, -0.25) is 19.7 Å². The van der Waals surface area contributed by atoms with Gasteiger partial charge in [0.2, 0.25) is 5.91 Å². The molecular weight excluding hydrogens is 384 g/mol. The zero-order valence-corrected chi connectivity index (χ0v) is 16.6.